The molecular weight excluding hydrogens is 340 g/mol. The van der Waals surface area contributed by atoms with Crippen molar-refractivity contribution in [2.75, 3.05) is 0 Å². The SMILES string of the molecule is [2H]c1c([2H])c([2H])c2c(c1[2H])c1c([2H])c([2H])c([2H])c([2H])c1n2-c1c([2H])c([2H])c2c3c([2H])c([2H])c([2H])c([2H])c3n(C([2H])([2H])C([2H])([2H])[2H])c2c1[2H]. The fraction of sp³-hybridized carbons (Fsp3) is 0.0769. The first-order valence-electron chi connectivity index (χ1n) is 18.1. The fourth-order valence-corrected chi connectivity index (χ4v) is 3.37. The zero-order valence-electron chi connectivity index (χ0n) is 33.9. The molecule has 134 valence electrons. The van der Waals surface area contributed by atoms with Crippen LogP contribution < -0.4 is 0 Å². The van der Waals surface area contributed by atoms with Crippen molar-refractivity contribution in [3.8, 4) is 5.69 Å². The molecule has 2 aromatic heterocycles. The van der Waals surface area contributed by atoms with Gasteiger partial charge in [-0.25, -0.2) is 0 Å². The molecule has 0 amide bonds. The summed E-state index contributed by atoms with van der Waals surface area (Å²) in [5, 5.41) is -1.94. The van der Waals surface area contributed by atoms with E-state index in [1.54, 1.807) is 0 Å². The first-order chi connectivity index (χ1) is 22.0. The molecule has 2 heteroatoms. The van der Waals surface area contributed by atoms with Crippen LogP contribution in [0.5, 0.6) is 0 Å². The molecule has 28 heavy (non-hydrogen) atoms. The second-order valence-electron chi connectivity index (χ2n) is 5.90. The lowest BCUT2D eigenvalue weighted by molar-refractivity contribution is 0.827. The third-order valence-electron chi connectivity index (χ3n) is 4.51. The minimum absolute atomic E-state index is 0.338. The van der Waals surface area contributed by atoms with Gasteiger partial charge in [-0.05, 0) is 37.1 Å². The Morgan fingerprint density at radius 2 is 1.21 bits per heavy atom. The smallest absolute Gasteiger partial charge is 0.0667 e. The predicted molar refractivity (Wildman–Crippen MR) is 119 cm³/mol. The van der Waals surface area contributed by atoms with Gasteiger partial charge >= 0.3 is 0 Å². The van der Waals surface area contributed by atoms with Gasteiger partial charge in [0.05, 0.1) is 37.1 Å². The summed E-state index contributed by atoms with van der Waals surface area (Å²) >= 11 is 0. The lowest BCUT2D eigenvalue weighted by Crippen LogP contribution is -1.96. The predicted octanol–water partition coefficient (Wildman–Crippen LogP) is 6.91. The van der Waals surface area contributed by atoms with E-state index in [-0.39, 0.29) is 0 Å². The Kier molecular flexibility index (Phi) is 1.13. The van der Waals surface area contributed by atoms with Crippen LogP contribution in [0, 0.1) is 0 Å². The summed E-state index contributed by atoms with van der Waals surface area (Å²) in [6.07, 6.45) is 0. The molecule has 0 unspecified atom stereocenters. The fourth-order valence-electron chi connectivity index (χ4n) is 3.37. The van der Waals surface area contributed by atoms with Crippen LogP contribution in [-0.4, -0.2) is 9.13 Å². The van der Waals surface area contributed by atoms with Crippen LogP contribution in [0.15, 0.2) is 90.6 Å². The molecule has 0 N–H and O–H groups in total. The van der Waals surface area contributed by atoms with Crippen molar-refractivity contribution < 1.29 is 27.4 Å². The third-order valence-corrected chi connectivity index (χ3v) is 4.51. The molecule has 0 aliphatic rings. The minimum atomic E-state index is -3.54. The average molecular weight is 381 g/mol. The molecule has 0 saturated carbocycles. The van der Waals surface area contributed by atoms with Crippen molar-refractivity contribution in [1.82, 2.24) is 9.13 Å². The highest BCUT2D eigenvalue weighted by atomic mass is 15.0. The van der Waals surface area contributed by atoms with Gasteiger partial charge in [0.2, 0.25) is 0 Å². The van der Waals surface area contributed by atoms with Gasteiger partial charge < -0.3 is 9.13 Å². The largest absolute Gasteiger partial charge is 0.341 e. The quantitative estimate of drug-likeness (QED) is 0.309. The number of rotatable bonds is 2. The molecule has 0 bridgehead atoms. The molecule has 2 heterocycles. The molecule has 2 nitrogen and oxygen atoms in total. The van der Waals surface area contributed by atoms with Crippen molar-refractivity contribution in [2.24, 2.45) is 0 Å². The van der Waals surface area contributed by atoms with Crippen molar-refractivity contribution in [2.45, 2.75) is 13.3 Å². The van der Waals surface area contributed by atoms with Gasteiger partial charge in [-0.2, -0.15) is 0 Å². The molecule has 4 aromatic carbocycles. The Labute approximate surface area is 191 Å². The molecule has 6 rings (SSSR count). The molecule has 0 radical (unpaired) electrons. The molecule has 0 spiro atoms. The summed E-state index contributed by atoms with van der Waals surface area (Å²) in [4.78, 5) is 0. The van der Waals surface area contributed by atoms with E-state index in [1.807, 2.05) is 0 Å². The zero-order chi connectivity index (χ0) is 36.0. The minimum Gasteiger partial charge on any atom is -0.341 e. The summed E-state index contributed by atoms with van der Waals surface area (Å²) < 4.78 is 171. The van der Waals surface area contributed by atoms with Crippen LogP contribution in [0.25, 0.3) is 49.3 Å². The number of aromatic nitrogens is 2. The maximum absolute atomic E-state index is 9.35. The monoisotopic (exact) mass is 380 g/mol. The van der Waals surface area contributed by atoms with Crippen LogP contribution >= 0.6 is 0 Å². The average Bonchev–Trinajstić information content (AvgIpc) is 3.56. The Morgan fingerprint density at radius 1 is 0.679 bits per heavy atom. The van der Waals surface area contributed by atoms with Crippen LogP contribution in [0.4, 0.5) is 0 Å². The highest BCUT2D eigenvalue weighted by molar-refractivity contribution is 6.11. The van der Waals surface area contributed by atoms with Crippen LogP contribution in [-0.2, 0) is 6.50 Å². The molecule has 0 atom stereocenters. The van der Waals surface area contributed by atoms with Crippen molar-refractivity contribution in [3.05, 3.63) is 90.6 Å². The number of fused-ring (bicyclic) bond motifs is 6. The van der Waals surface area contributed by atoms with Crippen LogP contribution in [0.3, 0.4) is 0 Å². The normalized spacial score (nSPS) is 23.0. The number of aryl methyl sites for hydroxylation is 1. The first-order valence-corrected chi connectivity index (χ1v) is 8.09. The van der Waals surface area contributed by atoms with Gasteiger partial charge in [-0.1, -0.05) is 60.4 Å². The topological polar surface area (TPSA) is 9.86 Å². The van der Waals surface area contributed by atoms with E-state index in [4.69, 9.17) is 26.0 Å². The van der Waals surface area contributed by atoms with E-state index < -0.39 is 153 Å². The number of benzene rings is 4. The van der Waals surface area contributed by atoms with Gasteiger partial charge in [-0.3, -0.25) is 0 Å². The summed E-state index contributed by atoms with van der Waals surface area (Å²) in [7, 11) is 0. The van der Waals surface area contributed by atoms with Gasteiger partial charge in [0, 0.05) is 46.1 Å². The van der Waals surface area contributed by atoms with E-state index in [0.29, 0.717) is 4.57 Å². The molecule has 0 fully saturated rings. The molecular formula is C26H20N2. The van der Waals surface area contributed by atoms with Crippen molar-refractivity contribution in [1.29, 1.82) is 0 Å². The first kappa shape index (κ1) is 5.51. The number of hydrogen-bond acceptors (Lipinski definition) is 0. The summed E-state index contributed by atoms with van der Waals surface area (Å²) in [6.45, 7) is -7.05. The van der Waals surface area contributed by atoms with Crippen molar-refractivity contribution in [3.63, 3.8) is 0 Å². The maximum atomic E-state index is 9.35. The number of hydrogen-bond donors (Lipinski definition) is 0. The van der Waals surface area contributed by atoms with Gasteiger partial charge in [0.15, 0.2) is 0 Å². The van der Waals surface area contributed by atoms with E-state index >= 15 is 0 Å². The third kappa shape index (κ3) is 1.97. The van der Waals surface area contributed by atoms with Gasteiger partial charge in [-0.15, -0.1) is 0 Å². The highest BCUT2D eigenvalue weighted by Gasteiger charge is 2.14. The van der Waals surface area contributed by atoms with Crippen LogP contribution in [0.2, 0.25) is 0 Å². The lowest BCUT2D eigenvalue weighted by Gasteiger charge is -2.09. The number of nitrogens with zero attached hydrogens (tertiary/aromatic N) is 2. The maximum Gasteiger partial charge on any atom is 0.0667 e. The summed E-state index contributed by atoms with van der Waals surface area (Å²) in [6, 6.07) is -12.3. The molecule has 0 aliphatic heterocycles. The Morgan fingerprint density at radius 3 is 1.86 bits per heavy atom. The lowest BCUT2D eigenvalue weighted by atomic mass is 10.1. The van der Waals surface area contributed by atoms with Gasteiger partial charge in [0.1, 0.15) is 0 Å². The summed E-state index contributed by atoms with van der Waals surface area (Å²) in [5.41, 5.74) is -3.29. The molecule has 6 aromatic rings. The van der Waals surface area contributed by atoms with E-state index in [9.17, 15) is 1.37 Å². The summed E-state index contributed by atoms with van der Waals surface area (Å²) in [5.74, 6) is 0. The van der Waals surface area contributed by atoms with E-state index in [2.05, 4.69) is 0 Å². The zero-order valence-corrected chi connectivity index (χ0v) is 13.9. The van der Waals surface area contributed by atoms with Crippen LogP contribution in [0.1, 0.15) is 34.3 Å². The highest BCUT2D eigenvalue weighted by Crippen LogP contribution is 2.35. The Balaban J connectivity index is 2.04. The number of para-hydroxylation sites is 3. The van der Waals surface area contributed by atoms with E-state index in [1.165, 1.54) is 0 Å². The Hall–Kier alpha value is -3.52. The van der Waals surface area contributed by atoms with Gasteiger partial charge in [0.25, 0.3) is 0 Å². The Bertz CT molecular complexity index is 2390. The molecule has 0 aliphatic carbocycles. The second kappa shape index (κ2) is 5.74. The second-order valence-corrected chi connectivity index (χ2v) is 5.90. The molecule has 0 saturated heterocycles. The van der Waals surface area contributed by atoms with E-state index in [0.717, 1.165) is 4.57 Å². The van der Waals surface area contributed by atoms with Crippen molar-refractivity contribution >= 4 is 43.6 Å². The standard InChI is InChI=1S/C26H20N2/c1-2-27-23-12-6-3-9-19(23)22-16-15-18(17-26(22)27)28-24-13-7-4-10-20(24)21-11-5-8-14-25(21)28/h3-17H,2H2,1H3/i1D3,2D2,3D,4D,5D,6D,7D,8D,9D,10D,11D,12D,13D,14D,15D,16D,17D.